The Balaban J connectivity index is 1.28. The summed E-state index contributed by atoms with van der Waals surface area (Å²) >= 11 is 1.41. The number of amidine groups is 1. The lowest BCUT2D eigenvalue weighted by Gasteiger charge is -2.34. The van der Waals surface area contributed by atoms with Gasteiger partial charge in [0.1, 0.15) is 5.78 Å². The summed E-state index contributed by atoms with van der Waals surface area (Å²) in [4.78, 5) is 41.5. The van der Waals surface area contributed by atoms with Crippen molar-refractivity contribution in [2.45, 2.75) is 19.3 Å². The second-order valence-corrected chi connectivity index (χ2v) is 9.26. The van der Waals surface area contributed by atoms with Gasteiger partial charge in [-0.1, -0.05) is 24.3 Å². The third kappa shape index (κ3) is 7.14. The Bertz CT molecular complexity index is 1160. The van der Waals surface area contributed by atoms with Crippen molar-refractivity contribution in [1.82, 2.24) is 19.9 Å². The van der Waals surface area contributed by atoms with Crippen LogP contribution < -0.4 is 16.0 Å². The van der Waals surface area contributed by atoms with E-state index in [2.05, 4.69) is 30.1 Å². The number of nitrogens with zero attached hydrogens (tertiary/aromatic N) is 5. The Morgan fingerprint density at radius 2 is 1.86 bits per heavy atom. The van der Waals surface area contributed by atoms with Crippen molar-refractivity contribution in [3.8, 4) is 11.1 Å². The number of rotatable bonds is 10. The minimum Gasteiger partial charge on any atom is -0.387 e. The van der Waals surface area contributed by atoms with E-state index >= 15 is 0 Å². The molecular formula is C24H28N8O2S. The summed E-state index contributed by atoms with van der Waals surface area (Å²) in [7, 11) is 0. The molecule has 35 heavy (non-hydrogen) atoms. The number of carbonyl (C=O) groups is 2. The second kappa shape index (κ2) is 11.6. The molecule has 0 radical (unpaired) electrons. The van der Waals surface area contributed by atoms with Gasteiger partial charge in [0.2, 0.25) is 11.9 Å². The number of amides is 1. The summed E-state index contributed by atoms with van der Waals surface area (Å²) in [5.41, 5.74) is 8.24. The molecule has 2 aromatic heterocycles. The van der Waals surface area contributed by atoms with E-state index in [0.717, 1.165) is 42.9 Å². The van der Waals surface area contributed by atoms with Crippen molar-refractivity contribution >= 4 is 39.9 Å². The van der Waals surface area contributed by atoms with Crippen LogP contribution in [0.5, 0.6) is 0 Å². The topological polar surface area (TPSA) is 141 Å². The fraction of sp³-hybridized carbons (Fsp3) is 0.333. The van der Waals surface area contributed by atoms with Gasteiger partial charge in [0, 0.05) is 62.1 Å². The first-order chi connectivity index (χ1) is 17.0. The third-order valence-electron chi connectivity index (χ3n) is 5.68. The Labute approximate surface area is 207 Å². The molecular weight excluding hydrogens is 464 g/mol. The quantitative estimate of drug-likeness (QED) is 0.289. The van der Waals surface area contributed by atoms with Gasteiger partial charge in [-0.15, -0.1) is 11.3 Å². The number of benzene rings is 1. The van der Waals surface area contributed by atoms with Crippen LogP contribution in [0.3, 0.4) is 0 Å². The number of aryl methyl sites for hydroxylation is 1. The maximum Gasteiger partial charge on any atom is 0.240 e. The number of carbonyl (C=O) groups excluding carboxylic acids is 2. The highest BCUT2D eigenvalue weighted by molar-refractivity contribution is 7.13. The predicted molar refractivity (Wildman–Crippen MR) is 137 cm³/mol. The minimum atomic E-state index is -0.0976. The molecule has 4 N–H and O–H groups in total. The maximum atomic E-state index is 12.2. The lowest BCUT2D eigenvalue weighted by atomic mass is 10.0. The number of anilines is 2. The van der Waals surface area contributed by atoms with E-state index in [9.17, 15) is 9.59 Å². The average molecular weight is 493 g/mol. The highest BCUT2D eigenvalue weighted by Crippen LogP contribution is 2.21. The molecule has 0 bridgehead atoms. The van der Waals surface area contributed by atoms with E-state index in [0.29, 0.717) is 30.5 Å². The van der Waals surface area contributed by atoms with Crippen LogP contribution >= 0.6 is 11.3 Å². The van der Waals surface area contributed by atoms with E-state index in [4.69, 9.17) is 11.1 Å². The molecule has 10 nitrogen and oxygen atoms in total. The Morgan fingerprint density at radius 3 is 2.54 bits per heavy atom. The maximum absolute atomic E-state index is 12.2. The lowest BCUT2D eigenvalue weighted by molar-refractivity contribution is -0.118. The number of ketones is 1. The minimum absolute atomic E-state index is 0.00305. The molecule has 4 rings (SSSR count). The van der Waals surface area contributed by atoms with Crippen molar-refractivity contribution < 1.29 is 9.59 Å². The molecule has 182 valence electrons. The first-order valence-corrected chi connectivity index (χ1v) is 12.3. The number of nitrogens with one attached hydrogen (secondary N) is 2. The molecule has 0 atom stereocenters. The Kier molecular flexibility index (Phi) is 8.11. The number of Topliss-reactive ketones (excluding diaryl/α,β-unsaturated/α-hetero) is 1. The molecule has 1 saturated heterocycles. The number of hydrogen-bond acceptors (Lipinski definition) is 9. The zero-order chi connectivity index (χ0) is 24.6. The summed E-state index contributed by atoms with van der Waals surface area (Å²) < 4.78 is 0. The first-order valence-electron chi connectivity index (χ1n) is 11.4. The van der Waals surface area contributed by atoms with Crippen LogP contribution in [0.1, 0.15) is 18.4 Å². The molecule has 1 aliphatic rings. The molecule has 1 amide bonds. The van der Waals surface area contributed by atoms with Gasteiger partial charge >= 0.3 is 0 Å². The van der Waals surface area contributed by atoms with Crippen LogP contribution in [0.2, 0.25) is 0 Å². The lowest BCUT2D eigenvalue weighted by Crippen LogP contribution is -2.49. The monoisotopic (exact) mass is 492 g/mol. The van der Waals surface area contributed by atoms with Crippen molar-refractivity contribution in [1.29, 1.82) is 5.41 Å². The smallest absolute Gasteiger partial charge is 0.240 e. The van der Waals surface area contributed by atoms with Crippen molar-refractivity contribution in [2.75, 3.05) is 42.9 Å². The molecule has 1 aromatic carbocycles. The molecule has 0 spiro atoms. The molecule has 0 saturated carbocycles. The van der Waals surface area contributed by atoms with E-state index in [-0.39, 0.29) is 23.9 Å². The van der Waals surface area contributed by atoms with Gasteiger partial charge in [0.25, 0.3) is 0 Å². The van der Waals surface area contributed by atoms with Crippen LogP contribution in [0.4, 0.5) is 11.1 Å². The number of nitrogens with two attached hydrogens (primary N) is 1. The van der Waals surface area contributed by atoms with E-state index in [1.54, 1.807) is 6.20 Å². The van der Waals surface area contributed by atoms with Crippen LogP contribution in [-0.2, 0) is 16.0 Å². The number of aromatic nitrogens is 3. The van der Waals surface area contributed by atoms with Gasteiger partial charge < -0.3 is 16.0 Å². The van der Waals surface area contributed by atoms with E-state index in [1.165, 1.54) is 11.3 Å². The van der Waals surface area contributed by atoms with Crippen LogP contribution in [0, 0.1) is 5.41 Å². The van der Waals surface area contributed by atoms with Crippen LogP contribution in [0.25, 0.3) is 11.1 Å². The molecule has 0 aliphatic carbocycles. The van der Waals surface area contributed by atoms with Crippen molar-refractivity contribution in [3.63, 3.8) is 0 Å². The summed E-state index contributed by atoms with van der Waals surface area (Å²) in [5, 5.41) is 12.5. The fourth-order valence-electron chi connectivity index (χ4n) is 3.88. The van der Waals surface area contributed by atoms with Crippen LogP contribution in [0.15, 0.2) is 48.2 Å². The number of piperazine rings is 1. The summed E-state index contributed by atoms with van der Waals surface area (Å²) in [6.45, 7) is 3.33. The summed E-state index contributed by atoms with van der Waals surface area (Å²) in [6, 6.07) is 7.97. The Morgan fingerprint density at radius 1 is 1.09 bits per heavy atom. The second-order valence-electron chi connectivity index (χ2n) is 8.36. The molecule has 1 fully saturated rings. The highest BCUT2D eigenvalue weighted by Gasteiger charge is 2.21. The standard InChI is InChI=1S/C24H28N8O2S/c25-21(26)13-20(33)5-4-17-2-1-3-18(12-17)19-14-28-23(29-15-19)32-9-7-31(8-10-32)16-22(34)30-24-27-6-11-35-24/h1-3,6,11-12,14-15H,4-5,7-10,13,16H2,(H3,25,26)(H,27,30,34). The molecule has 1 aliphatic heterocycles. The van der Waals surface area contributed by atoms with Gasteiger partial charge in [-0.2, -0.15) is 0 Å². The van der Waals surface area contributed by atoms with Crippen LogP contribution in [-0.4, -0.2) is 70.1 Å². The fourth-order valence-corrected chi connectivity index (χ4v) is 4.42. The molecule has 0 unspecified atom stereocenters. The normalized spacial score (nSPS) is 14.0. The van der Waals surface area contributed by atoms with Crippen molar-refractivity contribution in [3.05, 3.63) is 53.8 Å². The third-order valence-corrected chi connectivity index (χ3v) is 6.37. The van der Waals surface area contributed by atoms with Gasteiger partial charge in [0.05, 0.1) is 18.8 Å². The zero-order valence-corrected chi connectivity index (χ0v) is 20.1. The summed E-state index contributed by atoms with van der Waals surface area (Å²) in [6.07, 6.45) is 6.26. The van der Waals surface area contributed by atoms with Gasteiger partial charge in [-0.3, -0.25) is 19.9 Å². The zero-order valence-electron chi connectivity index (χ0n) is 19.3. The predicted octanol–water partition coefficient (Wildman–Crippen LogP) is 2.19. The van der Waals surface area contributed by atoms with E-state index < -0.39 is 0 Å². The molecule has 3 aromatic rings. The van der Waals surface area contributed by atoms with Gasteiger partial charge in [-0.25, -0.2) is 15.0 Å². The van der Waals surface area contributed by atoms with Crippen molar-refractivity contribution in [2.24, 2.45) is 5.73 Å². The highest BCUT2D eigenvalue weighted by atomic mass is 32.1. The van der Waals surface area contributed by atoms with Gasteiger partial charge in [0.15, 0.2) is 5.13 Å². The van der Waals surface area contributed by atoms with Gasteiger partial charge in [-0.05, 0) is 17.5 Å². The first kappa shape index (κ1) is 24.4. The number of hydrogen-bond donors (Lipinski definition) is 3. The van der Waals surface area contributed by atoms with E-state index in [1.807, 2.05) is 42.0 Å². The largest absolute Gasteiger partial charge is 0.387 e. The molecule has 3 heterocycles. The summed E-state index contributed by atoms with van der Waals surface area (Å²) in [5.74, 6) is 0.488. The average Bonchev–Trinajstić information content (AvgIpc) is 3.36. The Hall–Kier alpha value is -3.70. The number of thiazole rings is 1. The molecule has 11 heteroatoms. The SMILES string of the molecule is N=C(N)CC(=O)CCc1cccc(-c2cnc(N3CCN(CC(=O)Nc4nccs4)CC3)nc2)c1.